The summed E-state index contributed by atoms with van der Waals surface area (Å²) in [6.45, 7) is 0.546. The van der Waals surface area contributed by atoms with Crippen molar-refractivity contribution in [2.75, 3.05) is 6.61 Å². The highest BCUT2D eigenvalue weighted by molar-refractivity contribution is 7.60. The van der Waals surface area contributed by atoms with Crippen LogP contribution in [0.25, 0.3) is 0 Å². The highest BCUT2D eigenvalue weighted by atomic mass is 31.3. The third-order valence-corrected chi connectivity index (χ3v) is 2.88. The minimum Gasteiger partial charge on any atom is -0.394 e. The van der Waals surface area contributed by atoms with Gasteiger partial charge in [0.25, 0.3) is 0 Å². The normalized spacial score (nSPS) is 15.3. The number of carbonyl (C=O) groups is 1. The zero-order valence-electron chi connectivity index (χ0n) is 9.02. The van der Waals surface area contributed by atoms with E-state index in [2.05, 4.69) is 4.31 Å². The van der Waals surface area contributed by atoms with Gasteiger partial charge in [0.1, 0.15) is 12.2 Å². The Balaban J connectivity index is 0. The summed E-state index contributed by atoms with van der Waals surface area (Å²) in [6.07, 6.45) is -2.79. The Morgan fingerprint density at radius 3 is 1.50 bits per heavy atom. The van der Waals surface area contributed by atoms with Crippen molar-refractivity contribution in [2.45, 2.75) is 19.1 Å². The highest BCUT2D eigenvalue weighted by Crippen LogP contribution is 2.53. The molecule has 0 aliphatic carbocycles. The van der Waals surface area contributed by atoms with E-state index in [0.717, 1.165) is 6.92 Å². The molecule has 0 saturated carbocycles. The van der Waals surface area contributed by atoms with Gasteiger partial charge in [0.15, 0.2) is 5.78 Å². The third kappa shape index (κ3) is 13.9. The molecule has 0 spiro atoms. The quantitative estimate of drug-likeness (QED) is 0.264. The van der Waals surface area contributed by atoms with Crippen LogP contribution in [0, 0.1) is 0 Å². The first-order chi connectivity index (χ1) is 7.80. The molecule has 2 atom stereocenters. The molecule has 0 saturated heterocycles. The summed E-state index contributed by atoms with van der Waals surface area (Å²) in [5, 5.41) is 25.4. The SMILES string of the molecule is CC(=O)[C@@H](O)[C@H](O)CO.O=P(O)(O)OP(=O)(O)O. The summed E-state index contributed by atoms with van der Waals surface area (Å²) in [5.74, 6) is -0.545. The predicted octanol–water partition coefficient (Wildman–Crippen LogP) is -2.52. The van der Waals surface area contributed by atoms with Gasteiger partial charge in [-0.25, -0.2) is 9.13 Å². The molecule has 18 heavy (non-hydrogen) atoms. The Labute approximate surface area is 101 Å². The second-order valence-electron chi connectivity index (χ2n) is 2.87. The lowest BCUT2D eigenvalue weighted by molar-refractivity contribution is -0.132. The van der Waals surface area contributed by atoms with Gasteiger partial charge in [-0.2, -0.15) is 4.31 Å². The number of rotatable bonds is 5. The third-order valence-electron chi connectivity index (χ3n) is 1.18. The molecule has 110 valence electrons. The summed E-state index contributed by atoms with van der Waals surface area (Å²) < 4.78 is 22.2. The molecule has 0 rings (SSSR count). The van der Waals surface area contributed by atoms with Crippen molar-refractivity contribution in [1.82, 2.24) is 0 Å². The van der Waals surface area contributed by atoms with Crippen molar-refractivity contribution < 1.29 is 53.1 Å². The van der Waals surface area contributed by atoms with Crippen molar-refractivity contribution >= 4 is 21.4 Å². The Morgan fingerprint density at radius 1 is 1.11 bits per heavy atom. The molecule has 0 fully saturated rings. The molecular formula is C5H14O11P2. The number of aliphatic hydroxyl groups is 3. The molecule has 0 heterocycles. The maximum Gasteiger partial charge on any atom is 0.478 e. The van der Waals surface area contributed by atoms with E-state index in [4.69, 9.17) is 34.9 Å². The van der Waals surface area contributed by atoms with E-state index < -0.39 is 40.2 Å². The summed E-state index contributed by atoms with van der Waals surface area (Å²) >= 11 is 0. The Bertz CT molecular complexity index is 321. The van der Waals surface area contributed by atoms with E-state index in [1.54, 1.807) is 0 Å². The second-order valence-corrected chi connectivity index (χ2v) is 5.48. The van der Waals surface area contributed by atoms with Gasteiger partial charge < -0.3 is 34.9 Å². The molecule has 13 heteroatoms. The number of aliphatic hydroxyl groups excluding tert-OH is 3. The first-order valence-electron chi connectivity index (χ1n) is 4.10. The number of hydrogen-bond acceptors (Lipinski definition) is 7. The van der Waals surface area contributed by atoms with Crippen LogP contribution >= 0.6 is 15.6 Å². The number of hydrogen-bond donors (Lipinski definition) is 7. The Hall–Kier alpha value is -0.190. The highest BCUT2D eigenvalue weighted by Gasteiger charge is 2.27. The molecule has 0 amide bonds. The lowest BCUT2D eigenvalue weighted by Crippen LogP contribution is -2.34. The molecule has 0 aromatic rings. The number of carbonyl (C=O) groups excluding carboxylic acids is 1. The number of Topliss-reactive ketones (excluding diaryl/α,β-unsaturated/α-hetero) is 1. The van der Waals surface area contributed by atoms with Crippen LogP contribution in [-0.2, 0) is 18.2 Å². The minimum atomic E-state index is -5.05. The van der Waals surface area contributed by atoms with Gasteiger partial charge in [-0.05, 0) is 6.92 Å². The fraction of sp³-hybridized carbons (Fsp3) is 0.800. The molecule has 0 aromatic heterocycles. The van der Waals surface area contributed by atoms with E-state index in [1.807, 2.05) is 0 Å². The van der Waals surface area contributed by atoms with Crippen LogP contribution < -0.4 is 0 Å². The van der Waals surface area contributed by atoms with Crippen molar-refractivity contribution in [1.29, 1.82) is 0 Å². The monoisotopic (exact) mass is 312 g/mol. The van der Waals surface area contributed by atoms with E-state index >= 15 is 0 Å². The van der Waals surface area contributed by atoms with Gasteiger partial charge in [-0.3, -0.25) is 4.79 Å². The molecule has 0 radical (unpaired) electrons. The van der Waals surface area contributed by atoms with Gasteiger partial charge in [-0.1, -0.05) is 0 Å². The second kappa shape index (κ2) is 8.08. The molecule has 0 aromatic carbocycles. The Morgan fingerprint density at radius 2 is 1.44 bits per heavy atom. The molecule has 0 unspecified atom stereocenters. The molecule has 11 nitrogen and oxygen atoms in total. The average Bonchev–Trinajstić information content (AvgIpc) is 2.10. The standard InChI is InChI=1S/C5H10O4.H4O7P2/c1-3(7)5(9)4(8)2-6;1-8(2,3)7-9(4,5)6/h4-6,8-9H,2H2,1H3;(H2,1,2,3)(H2,4,5,6)/t4-,5-;/m1./s1. The van der Waals surface area contributed by atoms with Gasteiger partial charge in [0.05, 0.1) is 6.61 Å². The Kier molecular flexibility index (Phi) is 9.03. The van der Waals surface area contributed by atoms with Gasteiger partial charge >= 0.3 is 15.6 Å². The molecule has 0 aliphatic rings. The predicted molar refractivity (Wildman–Crippen MR) is 55.0 cm³/mol. The van der Waals surface area contributed by atoms with Gasteiger partial charge in [0, 0.05) is 0 Å². The minimum absolute atomic E-state index is 0.545. The van der Waals surface area contributed by atoms with E-state index in [0.29, 0.717) is 0 Å². The fourth-order valence-corrected chi connectivity index (χ4v) is 1.62. The lowest BCUT2D eigenvalue weighted by Gasteiger charge is -2.10. The molecule has 0 bridgehead atoms. The summed E-state index contributed by atoms with van der Waals surface area (Å²) in [6, 6.07) is 0. The van der Waals surface area contributed by atoms with Crippen molar-refractivity contribution in [2.24, 2.45) is 0 Å². The maximum absolute atomic E-state index is 10.2. The van der Waals surface area contributed by atoms with Crippen LogP contribution in [0.15, 0.2) is 0 Å². The first kappa shape index (κ1) is 20.1. The zero-order valence-corrected chi connectivity index (χ0v) is 10.8. The molecule has 0 aliphatic heterocycles. The van der Waals surface area contributed by atoms with Crippen molar-refractivity contribution in [3.63, 3.8) is 0 Å². The summed E-state index contributed by atoms with van der Waals surface area (Å²) in [4.78, 5) is 41.2. The first-order valence-corrected chi connectivity index (χ1v) is 7.16. The van der Waals surface area contributed by atoms with Gasteiger partial charge in [0.2, 0.25) is 0 Å². The van der Waals surface area contributed by atoms with E-state index in [9.17, 15) is 13.9 Å². The number of ketones is 1. The smallest absolute Gasteiger partial charge is 0.394 e. The van der Waals surface area contributed by atoms with Crippen LogP contribution in [-0.4, -0.2) is 59.5 Å². The van der Waals surface area contributed by atoms with Crippen LogP contribution in [0.1, 0.15) is 6.92 Å². The van der Waals surface area contributed by atoms with Gasteiger partial charge in [-0.15, -0.1) is 0 Å². The molecule has 7 N–H and O–H groups in total. The fourth-order valence-electron chi connectivity index (χ4n) is 0.509. The maximum atomic E-state index is 10.2. The summed E-state index contributed by atoms with van der Waals surface area (Å²) in [7, 11) is -10.1. The largest absolute Gasteiger partial charge is 0.478 e. The molecular weight excluding hydrogens is 298 g/mol. The topological polar surface area (TPSA) is 202 Å². The van der Waals surface area contributed by atoms with Crippen LogP contribution in [0.4, 0.5) is 0 Å². The zero-order chi connectivity index (χ0) is 15.1. The van der Waals surface area contributed by atoms with Crippen LogP contribution in [0.5, 0.6) is 0 Å². The summed E-state index contributed by atoms with van der Waals surface area (Å²) in [5.41, 5.74) is 0. The lowest BCUT2D eigenvalue weighted by atomic mass is 10.1. The van der Waals surface area contributed by atoms with E-state index in [-0.39, 0.29) is 0 Å². The van der Waals surface area contributed by atoms with Crippen molar-refractivity contribution in [3.8, 4) is 0 Å². The van der Waals surface area contributed by atoms with Crippen LogP contribution in [0.3, 0.4) is 0 Å². The van der Waals surface area contributed by atoms with Crippen molar-refractivity contribution in [3.05, 3.63) is 0 Å². The van der Waals surface area contributed by atoms with E-state index in [1.165, 1.54) is 0 Å². The average molecular weight is 312 g/mol. The number of phosphoric acid groups is 2. The van der Waals surface area contributed by atoms with Crippen LogP contribution in [0.2, 0.25) is 0 Å².